The Bertz CT molecular complexity index is 192. The largest absolute Gasteiger partial charge is 0.463 e. The van der Waals surface area contributed by atoms with E-state index in [1.807, 2.05) is 13.8 Å². The Hall–Kier alpha value is -0.790. The molecule has 0 aliphatic rings. The van der Waals surface area contributed by atoms with Crippen LogP contribution in [0.25, 0.3) is 0 Å². The Morgan fingerprint density at radius 3 is 2.31 bits per heavy atom. The molecule has 0 atom stereocenters. The number of ether oxygens (including phenoxy) is 1. The van der Waals surface area contributed by atoms with Crippen molar-refractivity contribution >= 4 is 5.97 Å². The summed E-state index contributed by atoms with van der Waals surface area (Å²) in [6.07, 6.45) is 2.01. The molecule has 0 saturated heterocycles. The summed E-state index contributed by atoms with van der Waals surface area (Å²) >= 11 is 0. The van der Waals surface area contributed by atoms with Crippen LogP contribution in [0.15, 0.2) is 12.2 Å². The fraction of sp³-hybridized carbons (Fsp3) is 0.727. The van der Waals surface area contributed by atoms with Crippen LogP contribution >= 0.6 is 0 Å². The first-order valence-corrected chi connectivity index (χ1v) is 4.82. The summed E-state index contributed by atoms with van der Waals surface area (Å²) in [7, 11) is 0. The maximum Gasteiger partial charge on any atom is 0.333 e. The summed E-state index contributed by atoms with van der Waals surface area (Å²) in [5.74, 6) is -0.263. The standard InChI is InChI=1S/C11H20O2/c1-6-8-11(4,5)9(3)10(12)13-7-2/h3,6-8H2,1-2,4-5H3. The van der Waals surface area contributed by atoms with Crippen LogP contribution in [-0.2, 0) is 9.53 Å². The molecule has 0 aromatic rings. The first-order valence-electron chi connectivity index (χ1n) is 4.82. The summed E-state index contributed by atoms with van der Waals surface area (Å²) in [4.78, 5) is 11.3. The molecule has 0 heterocycles. The fourth-order valence-corrected chi connectivity index (χ4v) is 1.27. The second-order valence-electron chi connectivity index (χ2n) is 3.83. The molecule has 0 bridgehead atoms. The number of rotatable bonds is 5. The Balaban J connectivity index is 4.31. The fourth-order valence-electron chi connectivity index (χ4n) is 1.27. The molecule has 0 amide bonds. The van der Waals surface area contributed by atoms with Crippen molar-refractivity contribution in [3.05, 3.63) is 12.2 Å². The van der Waals surface area contributed by atoms with Gasteiger partial charge in [-0.3, -0.25) is 0 Å². The van der Waals surface area contributed by atoms with Crippen molar-refractivity contribution < 1.29 is 9.53 Å². The van der Waals surface area contributed by atoms with Crippen molar-refractivity contribution in [2.75, 3.05) is 6.61 Å². The predicted molar refractivity (Wildman–Crippen MR) is 54.5 cm³/mol. The second kappa shape index (κ2) is 5.05. The van der Waals surface area contributed by atoms with E-state index in [2.05, 4.69) is 13.5 Å². The number of hydrogen-bond donors (Lipinski definition) is 0. The highest BCUT2D eigenvalue weighted by Crippen LogP contribution is 2.30. The van der Waals surface area contributed by atoms with Crippen LogP contribution in [0, 0.1) is 5.41 Å². The minimum absolute atomic E-state index is 0.138. The van der Waals surface area contributed by atoms with Crippen molar-refractivity contribution in [3.8, 4) is 0 Å². The molecule has 0 fully saturated rings. The first kappa shape index (κ1) is 12.2. The highest BCUT2D eigenvalue weighted by Gasteiger charge is 2.26. The summed E-state index contributed by atoms with van der Waals surface area (Å²) in [6.45, 7) is 12.2. The summed E-state index contributed by atoms with van der Waals surface area (Å²) < 4.78 is 4.90. The number of hydrogen-bond acceptors (Lipinski definition) is 2. The van der Waals surface area contributed by atoms with E-state index in [0.717, 1.165) is 12.8 Å². The van der Waals surface area contributed by atoms with Gasteiger partial charge >= 0.3 is 5.97 Å². The molecule has 0 aromatic carbocycles. The quantitative estimate of drug-likeness (QED) is 0.485. The van der Waals surface area contributed by atoms with Gasteiger partial charge in [-0.15, -0.1) is 0 Å². The predicted octanol–water partition coefficient (Wildman–Crippen LogP) is 2.93. The van der Waals surface area contributed by atoms with E-state index in [4.69, 9.17) is 4.74 Å². The molecule has 2 nitrogen and oxygen atoms in total. The molecule has 0 aliphatic heterocycles. The third-order valence-corrected chi connectivity index (χ3v) is 2.21. The number of carbonyl (C=O) groups is 1. The minimum Gasteiger partial charge on any atom is -0.463 e. The Kier molecular flexibility index (Phi) is 4.74. The Morgan fingerprint density at radius 2 is 1.92 bits per heavy atom. The van der Waals surface area contributed by atoms with E-state index >= 15 is 0 Å². The van der Waals surface area contributed by atoms with Crippen LogP contribution in [0.4, 0.5) is 0 Å². The van der Waals surface area contributed by atoms with Crippen LogP contribution in [0.5, 0.6) is 0 Å². The molecular formula is C11H20O2. The Labute approximate surface area is 81.0 Å². The van der Waals surface area contributed by atoms with Crippen LogP contribution < -0.4 is 0 Å². The van der Waals surface area contributed by atoms with Crippen molar-refractivity contribution in [2.45, 2.75) is 40.5 Å². The average molecular weight is 184 g/mol. The van der Waals surface area contributed by atoms with Gasteiger partial charge in [-0.05, 0) is 18.8 Å². The van der Waals surface area contributed by atoms with Gasteiger partial charge in [0.25, 0.3) is 0 Å². The third kappa shape index (κ3) is 3.62. The van der Waals surface area contributed by atoms with Crippen LogP contribution in [0.2, 0.25) is 0 Å². The van der Waals surface area contributed by atoms with Gasteiger partial charge < -0.3 is 4.74 Å². The highest BCUT2D eigenvalue weighted by atomic mass is 16.5. The van der Waals surface area contributed by atoms with Crippen LogP contribution in [-0.4, -0.2) is 12.6 Å². The van der Waals surface area contributed by atoms with Crippen molar-refractivity contribution in [1.29, 1.82) is 0 Å². The topological polar surface area (TPSA) is 26.3 Å². The molecule has 0 aliphatic carbocycles. The van der Waals surface area contributed by atoms with E-state index in [1.165, 1.54) is 0 Å². The normalized spacial score (nSPS) is 11.1. The lowest BCUT2D eigenvalue weighted by atomic mass is 9.81. The van der Waals surface area contributed by atoms with Gasteiger partial charge in [-0.25, -0.2) is 4.79 Å². The maximum absolute atomic E-state index is 11.3. The zero-order valence-electron chi connectivity index (χ0n) is 9.14. The van der Waals surface area contributed by atoms with Gasteiger partial charge in [0, 0.05) is 5.57 Å². The zero-order chi connectivity index (χ0) is 10.5. The monoisotopic (exact) mass is 184 g/mol. The smallest absolute Gasteiger partial charge is 0.333 e. The molecule has 0 unspecified atom stereocenters. The van der Waals surface area contributed by atoms with Gasteiger partial charge in [0.2, 0.25) is 0 Å². The third-order valence-electron chi connectivity index (χ3n) is 2.21. The van der Waals surface area contributed by atoms with Gasteiger partial charge in [-0.1, -0.05) is 33.8 Å². The zero-order valence-corrected chi connectivity index (χ0v) is 9.14. The van der Waals surface area contributed by atoms with E-state index in [-0.39, 0.29) is 11.4 Å². The molecule has 0 rings (SSSR count). The number of esters is 1. The Morgan fingerprint density at radius 1 is 1.38 bits per heavy atom. The maximum atomic E-state index is 11.3. The first-order chi connectivity index (χ1) is 5.95. The molecule has 0 spiro atoms. The van der Waals surface area contributed by atoms with E-state index in [1.54, 1.807) is 6.92 Å². The SMILES string of the molecule is C=C(C(=O)OCC)C(C)(C)CCC. The van der Waals surface area contributed by atoms with Gasteiger partial charge in [-0.2, -0.15) is 0 Å². The minimum atomic E-state index is -0.263. The lowest BCUT2D eigenvalue weighted by Crippen LogP contribution is -2.22. The van der Waals surface area contributed by atoms with E-state index in [9.17, 15) is 4.79 Å². The molecule has 0 saturated carbocycles. The summed E-state index contributed by atoms with van der Waals surface area (Å²) in [6, 6.07) is 0. The van der Waals surface area contributed by atoms with Crippen molar-refractivity contribution in [1.82, 2.24) is 0 Å². The molecule has 2 heteroatoms. The lowest BCUT2D eigenvalue weighted by molar-refractivity contribution is -0.139. The molecular weight excluding hydrogens is 164 g/mol. The van der Waals surface area contributed by atoms with Crippen molar-refractivity contribution in [3.63, 3.8) is 0 Å². The molecule has 0 N–H and O–H groups in total. The van der Waals surface area contributed by atoms with E-state index < -0.39 is 0 Å². The summed E-state index contributed by atoms with van der Waals surface area (Å²) in [5, 5.41) is 0. The van der Waals surface area contributed by atoms with E-state index in [0.29, 0.717) is 12.2 Å². The van der Waals surface area contributed by atoms with Gasteiger partial charge in [0.15, 0.2) is 0 Å². The van der Waals surface area contributed by atoms with Gasteiger partial charge in [0.05, 0.1) is 6.61 Å². The average Bonchev–Trinajstić information content (AvgIpc) is 2.03. The molecule has 0 radical (unpaired) electrons. The summed E-state index contributed by atoms with van der Waals surface area (Å²) in [5.41, 5.74) is 0.442. The van der Waals surface area contributed by atoms with Gasteiger partial charge in [0.1, 0.15) is 0 Å². The highest BCUT2D eigenvalue weighted by molar-refractivity contribution is 5.89. The van der Waals surface area contributed by atoms with Crippen LogP contribution in [0.1, 0.15) is 40.5 Å². The second-order valence-corrected chi connectivity index (χ2v) is 3.83. The number of carbonyl (C=O) groups excluding carboxylic acids is 1. The van der Waals surface area contributed by atoms with Crippen LogP contribution in [0.3, 0.4) is 0 Å². The molecule has 0 aromatic heterocycles. The molecule has 13 heavy (non-hydrogen) atoms. The molecule has 76 valence electrons. The lowest BCUT2D eigenvalue weighted by Gasteiger charge is -2.25. The van der Waals surface area contributed by atoms with Crippen molar-refractivity contribution in [2.24, 2.45) is 5.41 Å².